The molecule has 2 amide bonds. The highest BCUT2D eigenvalue weighted by Gasteiger charge is 2.48. The van der Waals surface area contributed by atoms with E-state index in [0.29, 0.717) is 11.1 Å². The van der Waals surface area contributed by atoms with Crippen LogP contribution in [0, 0.1) is 5.82 Å². The Labute approximate surface area is 236 Å². The Morgan fingerprint density at radius 1 is 1.31 bits per heavy atom. The smallest absolute Gasteiger partial charge is 0.422 e. The van der Waals surface area contributed by atoms with Crippen molar-refractivity contribution in [2.75, 3.05) is 31.0 Å². The highest BCUT2D eigenvalue weighted by atomic mass is 32.2. The van der Waals surface area contributed by atoms with E-state index in [1.807, 2.05) is 0 Å². The minimum Gasteiger partial charge on any atom is -0.484 e. The second kappa shape index (κ2) is 10.5. The number of nitrogens with one attached hydrogen (secondary N) is 2. The number of carbonyl (C=O) groups is 2. The van der Waals surface area contributed by atoms with Gasteiger partial charge >= 0.3 is 6.18 Å². The Balaban J connectivity index is 1.55. The van der Waals surface area contributed by atoms with Crippen LogP contribution in [0.2, 0.25) is 0 Å². The fraction of sp³-hybridized carbons (Fsp3) is 0.346. The maximum absolute atomic E-state index is 15.4. The summed E-state index contributed by atoms with van der Waals surface area (Å²) in [6, 6.07) is 5.39. The van der Waals surface area contributed by atoms with Crippen LogP contribution in [-0.4, -0.2) is 73.1 Å². The minimum atomic E-state index is -4.60. The third kappa shape index (κ3) is 5.84. The van der Waals surface area contributed by atoms with Gasteiger partial charge in [0, 0.05) is 49.3 Å². The van der Waals surface area contributed by atoms with Crippen molar-refractivity contribution in [3.63, 3.8) is 0 Å². The number of halogens is 4. The molecule has 222 valence electrons. The van der Waals surface area contributed by atoms with Gasteiger partial charge in [0.2, 0.25) is 5.91 Å². The molecule has 0 saturated heterocycles. The highest BCUT2D eigenvalue weighted by molar-refractivity contribution is 7.91. The second-order valence-electron chi connectivity index (χ2n) is 10.1. The molecule has 0 unspecified atom stereocenters. The quantitative estimate of drug-likeness (QED) is 0.310. The molecule has 0 fully saturated rings. The van der Waals surface area contributed by atoms with Crippen LogP contribution in [0.3, 0.4) is 0 Å². The third-order valence-electron chi connectivity index (χ3n) is 6.77. The molecule has 1 aliphatic heterocycles. The predicted molar refractivity (Wildman–Crippen MR) is 142 cm³/mol. The molecule has 2 aromatic heterocycles. The summed E-state index contributed by atoms with van der Waals surface area (Å²) in [7, 11) is -2.13. The number of alkyl halides is 3. The van der Waals surface area contributed by atoms with Crippen LogP contribution in [0.5, 0.6) is 5.75 Å². The molecule has 5 rings (SSSR count). The van der Waals surface area contributed by atoms with Crippen molar-refractivity contribution in [2.45, 2.75) is 31.0 Å². The molecule has 11 nitrogen and oxygen atoms in total. The SMILES string of the molecule is CN=Cc1ccc(-n2nc3c(c2NC(=O)CS(C)(=O)=O)C(=O)N[C@]2(CCc4cc(OCC(F)(F)F)cc(F)c42)C3)nc1. The van der Waals surface area contributed by atoms with Crippen LogP contribution in [0.15, 0.2) is 35.5 Å². The molecule has 2 N–H and O–H groups in total. The number of aryl methyl sites for hydroxylation is 1. The summed E-state index contributed by atoms with van der Waals surface area (Å²) < 4.78 is 82.6. The molecule has 1 aromatic carbocycles. The average molecular weight is 609 g/mol. The number of hydrogen-bond acceptors (Lipinski definition) is 8. The number of hydrogen-bond donors (Lipinski definition) is 2. The molecule has 2 aliphatic rings. The molecule has 3 heterocycles. The first-order chi connectivity index (χ1) is 19.7. The highest BCUT2D eigenvalue weighted by Crippen LogP contribution is 2.46. The van der Waals surface area contributed by atoms with Gasteiger partial charge in [-0.05, 0) is 36.6 Å². The molecule has 1 aliphatic carbocycles. The van der Waals surface area contributed by atoms with Crippen LogP contribution in [0.25, 0.3) is 5.82 Å². The standard InChI is InChI=1S/C26H24F4N6O5S/c1-31-10-14-3-4-19(32-11-14)36-23(33-20(37)12-42(2,39)40)21-18(35-36)9-25(34-24(21)38)6-5-15-7-16(8-17(27)22(15)25)41-13-26(28,29)30/h3-4,7-8,10-11H,5-6,9,12-13H2,1-2H3,(H,33,37)(H,34,38)/t25-/m1/s1. The topological polar surface area (TPSA) is 145 Å². The van der Waals surface area contributed by atoms with Crippen LogP contribution < -0.4 is 15.4 Å². The van der Waals surface area contributed by atoms with E-state index in [1.165, 1.54) is 16.9 Å². The van der Waals surface area contributed by atoms with Gasteiger partial charge in [0.25, 0.3) is 5.91 Å². The second-order valence-corrected chi connectivity index (χ2v) is 12.2. The lowest BCUT2D eigenvalue weighted by molar-refractivity contribution is -0.153. The first-order valence-electron chi connectivity index (χ1n) is 12.5. The first-order valence-corrected chi connectivity index (χ1v) is 14.6. The number of carbonyl (C=O) groups excluding carboxylic acids is 2. The Morgan fingerprint density at radius 2 is 2.07 bits per heavy atom. The van der Waals surface area contributed by atoms with E-state index in [4.69, 9.17) is 4.74 Å². The van der Waals surface area contributed by atoms with Crippen molar-refractivity contribution in [1.82, 2.24) is 20.1 Å². The predicted octanol–water partition coefficient (Wildman–Crippen LogP) is 2.51. The molecule has 1 spiro atoms. The molecular weight excluding hydrogens is 584 g/mol. The zero-order valence-electron chi connectivity index (χ0n) is 22.2. The number of ether oxygens (including phenoxy) is 1. The van der Waals surface area contributed by atoms with Gasteiger partial charge in [-0.1, -0.05) is 0 Å². The molecule has 0 bridgehead atoms. The van der Waals surface area contributed by atoms with E-state index in [-0.39, 0.29) is 53.5 Å². The number of aromatic nitrogens is 3. The number of aliphatic imine (C=N–C) groups is 1. The third-order valence-corrected chi connectivity index (χ3v) is 7.56. The summed E-state index contributed by atoms with van der Waals surface area (Å²) in [5.74, 6) is -3.53. The van der Waals surface area contributed by atoms with Gasteiger partial charge < -0.3 is 15.4 Å². The van der Waals surface area contributed by atoms with Gasteiger partial charge in [-0.25, -0.2) is 17.8 Å². The minimum absolute atomic E-state index is 0.0245. The zero-order chi connectivity index (χ0) is 30.4. The van der Waals surface area contributed by atoms with Crippen molar-refractivity contribution in [3.8, 4) is 11.6 Å². The Bertz CT molecular complexity index is 1720. The van der Waals surface area contributed by atoms with E-state index >= 15 is 4.39 Å². The van der Waals surface area contributed by atoms with Gasteiger partial charge in [-0.3, -0.25) is 14.6 Å². The molecule has 16 heteroatoms. The summed E-state index contributed by atoms with van der Waals surface area (Å²) in [5.41, 5.74) is 0.00989. The average Bonchev–Trinajstić information content (AvgIpc) is 3.40. The normalized spacial score (nSPS) is 18.2. The maximum Gasteiger partial charge on any atom is 0.422 e. The molecule has 0 saturated carbocycles. The summed E-state index contributed by atoms with van der Waals surface area (Å²) in [6.45, 7) is -1.58. The summed E-state index contributed by atoms with van der Waals surface area (Å²) in [5, 5.41) is 9.79. The molecular formula is C26H24F4N6O5S. The lowest BCUT2D eigenvalue weighted by Crippen LogP contribution is -2.50. The number of rotatable bonds is 7. The van der Waals surface area contributed by atoms with Crippen LogP contribution >= 0.6 is 0 Å². The fourth-order valence-electron chi connectivity index (χ4n) is 5.26. The van der Waals surface area contributed by atoms with Gasteiger partial charge in [0.05, 0.1) is 11.2 Å². The molecule has 3 aromatic rings. The van der Waals surface area contributed by atoms with Crippen molar-refractivity contribution in [3.05, 3.63) is 64.2 Å². The maximum atomic E-state index is 15.4. The number of amides is 2. The summed E-state index contributed by atoms with van der Waals surface area (Å²) in [4.78, 5) is 34.4. The Kier molecular flexibility index (Phi) is 7.28. The summed E-state index contributed by atoms with van der Waals surface area (Å²) in [6.07, 6.45) is -0.238. The Hall–Kier alpha value is -4.34. The monoisotopic (exact) mass is 608 g/mol. The largest absolute Gasteiger partial charge is 0.484 e. The van der Waals surface area contributed by atoms with Gasteiger partial charge in [-0.2, -0.15) is 23.0 Å². The van der Waals surface area contributed by atoms with E-state index in [0.717, 1.165) is 12.3 Å². The van der Waals surface area contributed by atoms with E-state index in [1.54, 1.807) is 25.4 Å². The number of benzene rings is 1. The number of sulfone groups is 1. The van der Waals surface area contributed by atoms with E-state index < -0.39 is 51.5 Å². The first kappa shape index (κ1) is 29.2. The Morgan fingerprint density at radius 3 is 2.71 bits per heavy atom. The van der Waals surface area contributed by atoms with Crippen LogP contribution in [-0.2, 0) is 33.0 Å². The number of anilines is 1. The lowest BCUT2D eigenvalue weighted by atomic mass is 9.82. The van der Waals surface area contributed by atoms with Crippen molar-refractivity contribution < 1.29 is 40.3 Å². The van der Waals surface area contributed by atoms with E-state index in [9.17, 15) is 31.2 Å². The number of pyridine rings is 1. The molecule has 0 radical (unpaired) electrons. The van der Waals surface area contributed by atoms with Crippen molar-refractivity contribution in [1.29, 1.82) is 0 Å². The van der Waals surface area contributed by atoms with Gasteiger partial charge in [0.15, 0.2) is 28.1 Å². The fourth-order valence-corrected chi connectivity index (χ4v) is 5.81. The van der Waals surface area contributed by atoms with Crippen LogP contribution in [0.4, 0.5) is 23.4 Å². The van der Waals surface area contributed by atoms with Gasteiger partial charge in [0.1, 0.15) is 22.9 Å². The summed E-state index contributed by atoms with van der Waals surface area (Å²) >= 11 is 0. The van der Waals surface area contributed by atoms with E-state index in [2.05, 4.69) is 25.7 Å². The lowest BCUT2D eigenvalue weighted by Gasteiger charge is -2.35. The van der Waals surface area contributed by atoms with Gasteiger partial charge in [-0.15, -0.1) is 0 Å². The molecule has 1 atom stereocenters. The zero-order valence-corrected chi connectivity index (χ0v) is 23.1. The van der Waals surface area contributed by atoms with Crippen LogP contribution in [0.1, 0.15) is 39.2 Å². The number of nitrogens with zero attached hydrogens (tertiary/aromatic N) is 4. The number of fused-ring (bicyclic) bond motifs is 3. The molecule has 42 heavy (non-hydrogen) atoms. The van der Waals surface area contributed by atoms with Crippen molar-refractivity contribution in [2.24, 2.45) is 4.99 Å². The van der Waals surface area contributed by atoms with Crippen molar-refractivity contribution >= 4 is 33.7 Å².